The Kier molecular flexibility index (Phi) is 3.39. The van der Waals surface area contributed by atoms with Crippen molar-refractivity contribution < 1.29 is 4.74 Å². The van der Waals surface area contributed by atoms with Crippen molar-refractivity contribution in [1.29, 1.82) is 0 Å². The Morgan fingerprint density at radius 2 is 2.22 bits per heavy atom. The van der Waals surface area contributed by atoms with E-state index in [9.17, 15) is 0 Å². The van der Waals surface area contributed by atoms with Crippen molar-refractivity contribution in [3.63, 3.8) is 0 Å². The van der Waals surface area contributed by atoms with Crippen LogP contribution < -0.4 is 4.74 Å². The molecule has 0 saturated heterocycles. The van der Waals surface area contributed by atoms with Gasteiger partial charge >= 0.3 is 0 Å². The van der Waals surface area contributed by atoms with E-state index in [0.717, 1.165) is 28.1 Å². The Balaban J connectivity index is 1.97. The first-order valence-electron chi connectivity index (χ1n) is 5.80. The lowest BCUT2D eigenvalue weighted by Crippen LogP contribution is -1.94. The second-order valence-corrected chi connectivity index (χ2v) is 7.46. The zero-order chi connectivity index (χ0) is 12.7. The number of hydrogen-bond acceptors (Lipinski definition) is 2. The molecule has 1 aliphatic heterocycles. The summed E-state index contributed by atoms with van der Waals surface area (Å²) in [5, 5.41) is -0.0848. The van der Waals surface area contributed by atoms with Gasteiger partial charge in [-0.15, -0.1) is 22.9 Å². The Morgan fingerprint density at radius 1 is 1.39 bits per heavy atom. The van der Waals surface area contributed by atoms with Gasteiger partial charge in [-0.05, 0) is 51.7 Å². The quantitative estimate of drug-likeness (QED) is 0.691. The Labute approximate surface area is 124 Å². The summed E-state index contributed by atoms with van der Waals surface area (Å²) in [7, 11) is 0. The largest absolute Gasteiger partial charge is 0.493 e. The molecular formula is C14H12BrClOS. The average molecular weight is 344 g/mol. The number of thiophene rings is 1. The maximum atomic E-state index is 6.60. The third kappa shape index (κ3) is 2.20. The molecule has 1 aromatic carbocycles. The second-order valence-electron chi connectivity index (χ2n) is 4.39. The van der Waals surface area contributed by atoms with Crippen LogP contribution in [0.5, 0.6) is 5.75 Å². The topological polar surface area (TPSA) is 9.23 Å². The van der Waals surface area contributed by atoms with Crippen LogP contribution in [-0.4, -0.2) is 6.61 Å². The van der Waals surface area contributed by atoms with Gasteiger partial charge in [0.25, 0.3) is 0 Å². The summed E-state index contributed by atoms with van der Waals surface area (Å²) in [5.74, 6) is 1.01. The normalized spacial score (nSPS) is 15.3. The molecule has 2 heterocycles. The van der Waals surface area contributed by atoms with Crippen LogP contribution in [0.2, 0.25) is 0 Å². The SMILES string of the molecule is Cc1sc(Br)cc1C(Cl)c1ccc2c(c1)CCO2. The highest BCUT2D eigenvalue weighted by Gasteiger charge is 2.19. The van der Waals surface area contributed by atoms with Gasteiger partial charge in [0, 0.05) is 11.3 Å². The first-order valence-corrected chi connectivity index (χ1v) is 7.85. The molecule has 0 N–H and O–H groups in total. The minimum absolute atomic E-state index is 0.0848. The molecule has 0 aliphatic carbocycles. The van der Waals surface area contributed by atoms with E-state index < -0.39 is 0 Å². The van der Waals surface area contributed by atoms with Crippen molar-refractivity contribution >= 4 is 38.9 Å². The number of aryl methyl sites for hydroxylation is 1. The minimum Gasteiger partial charge on any atom is -0.493 e. The molecule has 18 heavy (non-hydrogen) atoms. The van der Waals surface area contributed by atoms with Gasteiger partial charge in [0.15, 0.2) is 0 Å². The fourth-order valence-electron chi connectivity index (χ4n) is 2.25. The fraction of sp³-hybridized carbons (Fsp3) is 0.286. The van der Waals surface area contributed by atoms with Crippen LogP contribution in [0.3, 0.4) is 0 Å². The Bertz CT molecular complexity index is 593. The van der Waals surface area contributed by atoms with Crippen LogP contribution in [0.1, 0.15) is 26.9 Å². The van der Waals surface area contributed by atoms with Gasteiger partial charge in [0.05, 0.1) is 15.8 Å². The number of benzene rings is 1. The Hall–Kier alpha value is -0.510. The highest BCUT2D eigenvalue weighted by Crippen LogP contribution is 2.39. The number of rotatable bonds is 2. The van der Waals surface area contributed by atoms with Crippen LogP contribution >= 0.6 is 38.9 Å². The number of halogens is 2. The molecular weight excluding hydrogens is 332 g/mol. The van der Waals surface area contributed by atoms with Gasteiger partial charge in [-0.25, -0.2) is 0 Å². The fourth-order valence-corrected chi connectivity index (χ4v) is 4.43. The first-order chi connectivity index (χ1) is 8.65. The summed E-state index contributed by atoms with van der Waals surface area (Å²) in [6, 6.07) is 8.38. The van der Waals surface area contributed by atoms with Crippen LogP contribution in [0, 0.1) is 6.92 Å². The average Bonchev–Trinajstić information content (AvgIpc) is 2.93. The maximum Gasteiger partial charge on any atom is 0.122 e. The number of fused-ring (bicyclic) bond motifs is 1. The third-order valence-electron chi connectivity index (χ3n) is 3.21. The minimum atomic E-state index is -0.0848. The molecule has 0 saturated carbocycles. The molecule has 94 valence electrons. The summed E-state index contributed by atoms with van der Waals surface area (Å²) in [6.07, 6.45) is 0.985. The molecule has 0 radical (unpaired) electrons. The highest BCUT2D eigenvalue weighted by molar-refractivity contribution is 9.11. The summed E-state index contributed by atoms with van der Waals surface area (Å²) >= 11 is 11.8. The van der Waals surface area contributed by atoms with E-state index in [-0.39, 0.29) is 5.38 Å². The summed E-state index contributed by atoms with van der Waals surface area (Å²) in [6.45, 7) is 2.89. The molecule has 1 nitrogen and oxygen atoms in total. The van der Waals surface area contributed by atoms with Crippen molar-refractivity contribution in [3.8, 4) is 5.75 Å². The predicted molar refractivity (Wildman–Crippen MR) is 80.1 cm³/mol. The van der Waals surface area contributed by atoms with Crippen molar-refractivity contribution in [3.05, 3.63) is 49.6 Å². The van der Waals surface area contributed by atoms with Crippen LogP contribution in [-0.2, 0) is 6.42 Å². The van der Waals surface area contributed by atoms with E-state index in [1.54, 1.807) is 11.3 Å². The zero-order valence-corrected chi connectivity index (χ0v) is 13.0. The lowest BCUT2D eigenvalue weighted by atomic mass is 10.0. The van der Waals surface area contributed by atoms with E-state index in [4.69, 9.17) is 16.3 Å². The van der Waals surface area contributed by atoms with Crippen LogP contribution in [0.25, 0.3) is 0 Å². The Morgan fingerprint density at radius 3 is 2.94 bits per heavy atom. The van der Waals surface area contributed by atoms with Crippen molar-refractivity contribution in [1.82, 2.24) is 0 Å². The molecule has 0 fully saturated rings. The molecule has 2 aromatic rings. The number of hydrogen-bond donors (Lipinski definition) is 0. The molecule has 4 heteroatoms. The maximum absolute atomic E-state index is 6.60. The van der Waals surface area contributed by atoms with E-state index in [1.165, 1.54) is 16.0 Å². The van der Waals surface area contributed by atoms with Gasteiger partial charge < -0.3 is 4.74 Å². The highest BCUT2D eigenvalue weighted by atomic mass is 79.9. The standard InChI is InChI=1S/C14H12BrClOS/c1-8-11(7-13(15)18-8)14(16)10-2-3-12-9(6-10)4-5-17-12/h2-3,6-7,14H,4-5H2,1H3. The van der Waals surface area contributed by atoms with Gasteiger partial charge in [-0.3, -0.25) is 0 Å². The zero-order valence-electron chi connectivity index (χ0n) is 9.87. The molecule has 0 amide bonds. The predicted octanol–water partition coefficient (Wildman–Crippen LogP) is 5.08. The van der Waals surface area contributed by atoms with Gasteiger partial charge in [-0.1, -0.05) is 12.1 Å². The lowest BCUT2D eigenvalue weighted by molar-refractivity contribution is 0.357. The van der Waals surface area contributed by atoms with Gasteiger partial charge in [-0.2, -0.15) is 0 Å². The van der Waals surface area contributed by atoms with Crippen molar-refractivity contribution in [2.24, 2.45) is 0 Å². The summed E-state index contributed by atoms with van der Waals surface area (Å²) < 4.78 is 6.65. The number of alkyl halides is 1. The second kappa shape index (κ2) is 4.87. The van der Waals surface area contributed by atoms with Gasteiger partial charge in [0.1, 0.15) is 5.75 Å². The molecule has 3 rings (SSSR count). The van der Waals surface area contributed by atoms with Crippen LogP contribution in [0.15, 0.2) is 28.1 Å². The molecule has 1 aromatic heterocycles. The van der Waals surface area contributed by atoms with E-state index in [0.29, 0.717) is 0 Å². The third-order valence-corrected chi connectivity index (χ3v) is 5.26. The molecule has 1 atom stereocenters. The van der Waals surface area contributed by atoms with E-state index in [2.05, 4.69) is 41.1 Å². The molecule has 0 bridgehead atoms. The van der Waals surface area contributed by atoms with Crippen LogP contribution in [0.4, 0.5) is 0 Å². The monoisotopic (exact) mass is 342 g/mol. The smallest absolute Gasteiger partial charge is 0.122 e. The molecule has 0 spiro atoms. The molecule has 1 aliphatic rings. The van der Waals surface area contributed by atoms with Crippen molar-refractivity contribution in [2.45, 2.75) is 18.7 Å². The van der Waals surface area contributed by atoms with Gasteiger partial charge in [0.2, 0.25) is 0 Å². The van der Waals surface area contributed by atoms with E-state index in [1.807, 2.05) is 6.07 Å². The first kappa shape index (κ1) is 12.5. The lowest BCUT2D eigenvalue weighted by Gasteiger charge is -2.11. The van der Waals surface area contributed by atoms with Crippen molar-refractivity contribution in [2.75, 3.05) is 6.61 Å². The molecule has 1 unspecified atom stereocenters. The number of ether oxygens (including phenoxy) is 1. The summed E-state index contributed by atoms with van der Waals surface area (Å²) in [4.78, 5) is 1.26. The van der Waals surface area contributed by atoms with E-state index >= 15 is 0 Å². The summed E-state index contributed by atoms with van der Waals surface area (Å²) in [5.41, 5.74) is 3.60.